The summed E-state index contributed by atoms with van der Waals surface area (Å²) < 4.78 is 24.0. The summed E-state index contributed by atoms with van der Waals surface area (Å²) in [6.07, 6.45) is 2.16. The molecule has 0 spiro atoms. The Balaban J connectivity index is 2.00. The van der Waals surface area contributed by atoms with Crippen LogP contribution in [0, 0.1) is 12.7 Å². The Kier molecular flexibility index (Phi) is 3.21. The van der Waals surface area contributed by atoms with Gasteiger partial charge < -0.3 is 9.47 Å². The minimum absolute atomic E-state index is 0.114. The molecule has 1 heterocycles. The number of hydrogen-bond acceptors (Lipinski definition) is 2. The summed E-state index contributed by atoms with van der Waals surface area (Å²) in [5.74, 6) is 0.534. The fourth-order valence-corrected chi connectivity index (χ4v) is 1.69. The van der Waals surface area contributed by atoms with Crippen LogP contribution in [0.5, 0.6) is 5.75 Å². The van der Waals surface area contributed by atoms with E-state index < -0.39 is 0 Å². The lowest BCUT2D eigenvalue weighted by atomic mass is 10.1. The second kappa shape index (κ2) is 4.62. The van der Waals surface area contributed by atoms with E-state index in [0.717, 1.165) is 25.2 Å². The Morgan fingerprint density at radius 2 is 2.33 bits per heavy atom. The standard InChI is InChI=1S/C12H15FO2/c1-9-7-10(4-5-12(9)13)15-11-3-2-6-14-8-11/h4-5,7,11H,2-3,6,8H2,1H3. The van der Waals surface area contributed by atoms with Crippen LogP contribution < -0.4 is 4.74 Å². The lowest BCUT2D eigenvalue weighted by Gasteiger charge is -2.23. The van der Waals surface area contributed by atoms with Crippen LogP contribution in [-0.2, 0) is 4.74 Å². The Bertz CT molecular complexity index is 332. The lowest BCUT2D eigenvalue weighted by molar-refractivity contribution is 0.00738. The van der Waals surface area contributed by atoms with Crippen LogP contribution in [0.2, 0.25) is 0 Å². The zero-order chi connectivity index (χ0) is 10.7. The summed E-state index contributed by atoms with van der Waals surface area (Å²) in [6.45, 7) is 3.19. The molecule has 0 aromatic heterocycles. The maximum atomic E-state index is 13.0. The van der Waals surface area contributed by atoms with E-state index >= 15 is 0 Å². The molecule has 1 aromatic rings. The maximum Gasteiger partial charge on any atom is 0.126 e. The third kappa shape index (κ3) is 2.69. The monoisotopic (exact) mass is 210 g/mol. The van der Waals surface area contributed by atoms with Crippen LogP contribution in [0.25, 0.3) is 0 Å². The summed E-state index contributed by atoms with van der Waals surface area (Å²) >= 11 is 0. The van der Waals surface area contributed by atoms with Crippen molar-refractivity contribution in [3.05, 3.63) is 29.6 Å². The van der Waals surface area contributed by atoms with Gasteiger partial charge in [-0.05, 0) is 43.5 Å². The Morgan fingerprint density at radius 3 is 3.00 bits per heavy atom. The summed E-state index contributed by atoms with van der Waals surface area (Å²) in [5.41, 5.74) is 0.615. The van der Waals surface area contributed by atoms with Crippen LogP contribution >= 0.6 is 0 Å². The predicted molar refractivity (Wildman–Crippen MR) is 55.6 cm³/mol. The Labute approximate surface area is 89.0 Å². The van der Waals surface area contributed by atoms with E-state index in [4.69, 9.17) is 9.47 Å². The molecule has 1 aromatic carbocycles. The molecule has 3 heteroatoms. The summed E-state index contributed by atoms with van der Waals surface area (Å²) in [7, 11) is 0. The van der Waals surface area contributed by atoms with Crippen molar-refractivity contribution in [3.8, 4) is 5.75 Å². The lowest BCUT2D eigenvalue weighted by Crippen LogP contribution is -2.28. The minimum Gasteiger partial charge on any atom is -0.488 e. The van der Waals surface area contributed by atoms with Crippen molar-refractivity contribution in [2.45, 2.75) is 25.9 Å². The molecule has 82 valence electrons. The molecule has 15 heavy (non-hydrogen) atoms. The van der Waals surface area contributed by atoms with Crippen molar-refractivity contribution in [2.75, 3.05) is 13.2 Å². The first-order valence-corrected chi connectivity index (χ1v) is 5.26. The highest BCUT2D eigenvalue weighted by Gasteiger charge is 2.15. The largest absolute Gasteiger partial charge is 0.488 e. The molecule has 1 fully saturated rings. The number of benzene rings is 1. The molecule has 0 amide bonds. The van der Waals surface area contributed by atoms with Crippen molar-refractivity contribution >= 4 is 0 Å². The number of ether oxygens (including phenoxy) is 2. The third-order valence-electron chi connectivity index (χ3n) is 2.55. The first-order chi connectivity index (χ1) is 7.25. The predicted octanol–water partition coefficient (Wildman–Crippen LogP) is 2.69. The fourth-order valence-electron chi connectivity index (χ4n) is 1.69. The summed E-state index contributed by atoms with van der Waals surface area (Å²) in [5, 5.41) is 0. The Morgan fingerprint density at radius 1 is 1.47 bits per heavy atom. The van der Waals surface area contributed by atoms with Crippen molar-refractivity contribution in [2.24, 2.45) is 0 Å². The number of aryl methyl sites for hydroxylation is 1. The van der Waals surface area contributed by atoms with Gasteiger partial charge in [0.2, 0.25) is 0 Å². The van der Waals surface area contributed by atoms with Crippen molar-refractivity contribution in [3.63, 3.8) is 0 Å². The van der Waals surface area contributed by atoms with Crippen molar-refractivity contribution in [1.82, 2.24) is 0 Å². The van der Waals surface area contributed by atoms with Gasteiger partial charge in [0.1, 0.15) is 17.7 Å². The van der Waals surface area contributed by atoms with E-state index in [-0.39, 0.29) is 11.9 Å². The number of halogens is 1. The molecule has 0 aliphatic carbocycles. The van der Waals surface area contributed by atoms with Gasteiger partial charge in [-0.1, -0.05) is 0 Å². The second-order valence-electron chi connectivity index (χ2n) is 3.87. The zero-order valence-corrected chi connectivity index (χ0v) is 8.83. The molecule has 2 rings (SSSR count). The first kappa shape index (κ1) is 10.4. The normalized spacial score (nSPS) is 21.3. The van der Waals surface area contributed by atoms with Gasteiger partial charge in [0, 0.05) is 6.61 Å². The highest BCUT2D eigenvalue weighted by atomic mass is 19.1. The quantitative estimate of drug-likeness (QED) is 0.747. The molecule has 1 unspecified atom stereocenters. The van der Waals surface area contributed by atoms with Gasteiger partial charge >= 0.3 is 0 Å². The van der Waals surface area contributed by atoms with Crippen LogP contribution in [0.3, 0.4) is 0 Å². The minimum atomic E-state index is -0.192. The second-order valence-corrected chi connectivity index (χ2v) is 3.87. The topological polar surface area (TPSA) is 18.5 Å². The molecule has 0 saturated carbocycles. The molecule has 2 nitrogen and oxygen atoms in total. The molecular weight excluding hydrogens is 195 g/mol. The van der Waals surface area contributed by atoms with Crippen LogP contribution in [-0.4, -0.2) is 19.3 Å². The van der Waals surface area contributed by atoms with E-state index in [9.17, 15) is 4.39 Å². The van der Waals surface area contributed by atoms with Gasteiger partial charge in [0.15, 0.2) is 0 Å². The smallest absolute Gasteiger partial charge is 0.126 e. The third-order valence-corrected chi connectivity index (χ3v) is 2.55. The maximum absolute atomic E-state index is 13.0. The van der Waals surface area contributed by atoms with E-state index in [1.807, 2.05) is 0 Å². The van der Waals surface area contributed by atoms with Gasteiger partial charge in [-0.3, -0.25) is 0 Å². The van der Waals surface area contributed by atoms with Crippen molar-refractivity contribution in [1.29, 1.82) is 0 Å². The fraction of sp³-hybridized carbons (Fsp3) is 0.500. The van der Waals surface area contributed by atoms with E-state index in [0.29, 0.717) is 12.2 Å². The molecule has 1 saturated heterocycles. The molecule has 1 atom stereocenters. The molecule has 1 aliphatic rings. The summed E-state index contributed by atoms with van der Waals surface area (Å²) in [6, 6.07) is 4.83. The molecule has 0 N–H and O–H groups in total. The highest BCUT2D eigenvalue weighted by molar-refractivity contribution is 5.29. The van der Waals surface area contributed by atoms with Gasteiger partial charge in [0.25, 0.3) is 0 Å². The van der Waals surface area contributed by atoms with Crippen molar-refractivity contribution < 1.29 is 13.9 Å². The molecule has 0 bridgehead atoms. The van der Waals surface area contributed by atoms with Gasteiger partial charge in [-0.2, -0.15) is 0 Å². The first-order valence-electron chi connectivity index (χ1n) is 5.26. The average molecular weight is 210 g/mol. The van der Waals surface area contributed by atoms with Gasteiger partial charge in [0.05, 0.1) is 6.61 Å². The molecule has 0 radical (unpaired) electrons. The summed E-state index contributed by atoms with van der Waals surface area (Å²) in [4.78, 5) is 0. The van der Waals surface area contributed by atoms with E-state index in [1.54, 1.807) is 19.1 Å². The average Bonchev–Trinajstić information content (AvgIpc) is 2.25. The SMILES string of the molecule is Cc1cc(OC2CCCOC2)ccc1F. The Hall–Kier alpha value is -1.09. The molecule has 1 aliphatic heterocycles. The highest BCUT2D eigenvalue weighted by Crippen LogP contribution is 2.19. The van der Waals surface area contributed by atoms with E-state index in [1.165, 1.54) is 6.07 Å². The zero-order valence-electron chi connectivity index (χ0n) is 8.83. The molecular formula is C12H15FO2. The van der Waals surface area contributed by atoms with Gasteiger partial charge in [-0.15, -0.1) is 0 Å². The number of hydrogen-bond donors (Lipinski definition) is 0. The van der Waals surface area contributed by atoms with Crippen LogP contribution in [0.1, 0.15) is 18.4 Å². The van der Waals surface area contributed by atoms with E-state index in [2.05, 4.69) is 0 Å². The van der Waals surface area contributed by atoms with Crippen LogP contribution in [0.15, 0.2) is 18.2 Å². The number of rotatable bonds is 2. The van der Waals surface area contributed by atoms with Crippen LogP contribution in [0.4, 0.5) is 4.39 Å². The van der Waals surface area contributed by atoms with Gasteiger partial charge in [-0.25, -0.2) is 4.39 Å².